The molecule has 1 heterocycles. The Morgan fingerprint density at radius 2 is 1.63 bits per heavy atom. The van der Waals surface area contributed by atoms with Gasteiger partial charge in [-0.2, -0.15) is 4.98 Å². The summed E-state index contributed by atoms with van der Waals surface area (Å²) in [5.74, 6) is 2.63. The molecule has 0 radical (unpaired) electrons. The Bertz CT molecular complexity index is 957. The zero-order chi connectivity index (χ0) is 19.4. The average molecular weight is 364 g/mol. The Kier molecular flexibility index (Phi) is 5.45. The average Bonchev–Trinajstić information content (AvgIpc) is 2.65. The number of anilines is 4. The largest absolute Gasteiger partial charge is 0.497 e. The topological polar surface area (TPSA) is 68.3 Å². The van der Waals surface area contributed by atoms with Crippen LogP contribution >= 0.6 is 0 Å². The lowest BCUT2D eigenvalue weighted by Gasteiger charge is -2.14. The number of ether oxygens (including phenoxy) is 2. The number of nitrogens with one attached hydrogen (secondary N) is 2. The van der Waals surface area contributed by atoms with Gasteiger partial charge >= 0.3 is 0 Å². The molecule has 1 aromatic heterocycles. The highest BCUT2D eigenvalue weighted by atomic mass is 16.5. The maximum absolute atomic E-state index is 5.44. The second kappa shape index (κ2) is 7.95. The van der Waals surface area contributed by atoms with Gasteiger partial charge in [0, 0.05) is 23.5 Å². The molecule has 27 heavy (non-hydrogen) atoms. The van der Waals surface area contributed by atoms with E-state index >= 15 is 0 Å². The summed E-state index contributed by atoms with van der Waals surface area (Å²) in [7, 11) is 3.25. The summed E-state index contributed by atoms with van der Waals surface area (Å²) in [6.07, 6.45) is 0. The Hall–Kier alpha value is -3.28. The van der Waals surface area contributed by atoms with E-state index in [-0.39, 0.29) is 0 Å². The summed E-state index contributed by atoms with van der Waals surface area (Å²) in [6, 6.07) is 13.6. The van der Waals surface area contributed by atoms with Crippen LogP contribution in [0.2, 0.25) is 0 Å². The van der Waals surface area contributed by atoms with Crippen molar-refractivity contribution in [1.29, 1.82) is 0 Å². The van der Waals surface area contributed by atoms with Crippen molar-refractivity contribution in [1.82, 2.24) is 9.97 Å². The van der Waals surface area contributed by atoms with Gasteiger partial charge in [-0.3, -0.25) is 0 Å². The number of aryl methyl sites for hydroxylation is 2. The zero-order valence-electron chi connectivity index (χ0n) is 16.3. The van der Waals surface area contributed by atoms with Crippen molar-refractivity contribution in [2.75, 3.05) is 24.9 Å². The van der Waals surface area contributed by atoms with Crippen molar-refractivity contribution in [3.05, 3.63) is 59.3 Å². The highest BCUT2D eigenvalue weighted by Gasteiger charge is 2.09. The van der Waals surface area contributed by atoms with Crippen LogP contribution in [-0.4, -0.2) is 24.2 Å². The number of nitrogens with zero attached hydrogens (tertiary/aromatic N) is 2. The maximum atomic E-state index is 5.44. The van der Waals surface area contributed by atoms with Crippen LogP contribution in [0.1, 0.15) is 16.8 Å². The minimum Gasteiger partial charge on any atom is -0.497 e. The van der Waals surface area contributed by atoms with E-state index in [0.717, 1.165) is 22.8 Å². The number of hydrogen-bond donors (Lipinski definition) is 2. The molecule has 140 valence electrons. The predicted molar refractivity (Wildman–Crippen MR) is 109 cm³/mol. The fourth-order valence-electron chi connectivity index (χ4n) is 2.74. The summed E-state index contributed by atoms with van der Waals surface area (Å²) in [5.41, 5.74) is 5.04. The highest BCUT2D eigenvalue weighted by Crippen LogP contribution is 2.31. The molecule has 0 spiro atoms. The lowest BCUT2D eigenvalue weighted by atomic mass is 10.1. The van der Waals surface area contributed by atoms with E-state index in [4.69, 9.17) is 9.47 Å². The van der Waals surface area contributed by atoms with Crippen molar-refractivity contribution in [2.24, 2.45) is 0 Å². The molecule has 0 saturated carbocycles. The summed E-state index contributed by atoms with van der Waals surface area (Å²) in [6.45, 7) is 6.10. The first-order valence-electron chi connectivity index (χ1n) is 8.68. The van der Waals surface area contributed by atoms with Crippen molar-refractivity contribution in [2.45, 2.75) is 20.8 Å². The third-order valence-electron chi connectivity index (χ3n) is 4.38. The molecule has 0 amide bonds. The van der Waals surface area contributed by atoms with Gasteiger partial charge in [-0.1, -0.05) is 12.1 Å². The number of methoxy groups -OCH3 is 2. The third-order valence-corrected chi connectivity index (χ3v) is 4.38. The van der Waals surface area contributed by atoms with Gasteiger partial charge in [0.2, 0.25) is 5.95 Å². The van der Waals surface area contributed by atoms with Crippen LogP contribution in [0.3, 0.4) is 0 Å². The lowest BCUT2D eigenvalue weighted by Crippen LogP contribution is -2.04. The molecular weight excluding hydrogens is 340 g/mol. The van der Waals surface area contributed by atoms with E-state index in [1.807, 2.05) is 43.3 Å². The van der Waals surface area contributed by atoms with Gasteiger partial charge in [-0.05, 0) is 50.1 Å². The van der Waals surface area contributed by atoms with E-state index in [1.165, 1.54) is 11.1 Å². The number of hydrogen-bond acceptors (Lipinski definition) is 6. The molecule has 0 bridgehead atoms. The Labute approximate surface area is 159 Å². The molecule has 0 aliphatic carbocycles. The van der Waals surface area contributed by atoms with E-state index in [1.54, 1.807) is 14.2 Å². The molecule has 6 nitrogen and oxygen atoms in total. The van der Waals surface area contributed by atoms with Crippen LogP contribution in [0.4, 0.5) is 23.1 Å². The fraction of sp³-hybridized carbons (Fsp3) is 0.238. The van der Waals surface area contributed by atoms with Gasteiger partial charge in [0.25, 0.3) is 0 Å². The molecule has 0 fully saturated rings. The smallest absolute Gasteiger partial charge is 0.229 e. The van der Waals surface area contributed by atoms with Crippen LogP contribution in [0, 0.1) is 20.8 Å². The van der Waals surface area contributed by atoms with Crippen LogP contribution in [0.25, 0.3) is 0 Å². The van der Waals surface area contributed by atoms with Gasteiger partial charge in [-0.15, -0.1) is 0 Å². The quantitative estimate of drug-likeness (QED) is 0.648. The monoisotopic (exact) mass is 364 g/mol. The van der Waals surface area contributed by atoms with E-state index in [2.05, 4.69) is 40.5 Å². The second-order valence-electron chi connectivity index (χ2n) is 6.28. The van der Waals surface area contributed by atoms with Crippen molar-refractivity contribution in [3.63, 3.8) is 0 Å². The minimum absolute atomic E-state index is 0.540. The molecular formula is C21H24N4O2. The number of benzene rings is 2. The predicted octanol–water partition coefficient (Wildman–Crippen LogP) is 4.91. The van der Waals surface area contributed by atoms with Gasteiger partial charge in [0.05, 0.1) is 19.9 Å². The zero-order valence-corrected chi connectivity index (χ0v) is 16.3. The Balaban J connectivity index is 1.89. The molecule has 2 aromatic carbocycles. The Morgan fingerprint density at radius 1 is 0.815 bits per heavy atom. The van der Waals surface area contributed by atoms with Gasteiger partial charge in [0.15, 0.2) is 0 Å². The molecule has 2 N–H and O–H groups in total. The summed E-state index contributed by atoms with van der Waals surface area (Å²) in [4.78, 5) is 9.09. The first-order valence-corrected chi connectivity index (χ1v) is 8.68. The number of rotatable bonds is 6. The molecule has 0 atom stereocenters. The van der Waals surface area contributed by atoms with Crippen LogP contribution < -0.4 is 20.1 Å². The fourth-order valence-corrected chi connectivity index (χ4v) is 2.74. The van der Waals surface area contributed by atoms with Crippen LogP contribution in [-0.2, 0) is 0 Å². The second-order valence-corrected chi connectivity index (χ2v) is 6.28. The molecule has 6 heteroatoms. The van der Waals surface area contributed by atoms with Gasteiger partial charge < -0.3 is 20.1 Å². The van der Waals surface area contributed by atoms with Crippen molar-refractivity contribution >= 4 is 23.1 Å². The van der Waals surface area contributed by atoms with Crippen LogP contribution in [0.5, 0.6) is 11.5 Å². The molecule has 0 aliphatic rings. The summed E-state index contributed by atoms with van der Waals surface area (Å²) >= 11 is 0. The first-order chi connectivity index (χ1) is 13.0. The van der Waals surface area contributed by atoms with Gasteiger partial charge in [-0.25, -0.2) is 4.98 Å². The standard InChI is InChI=1S/C21H24N4O2/c1-13-7-6-8-17(15(13)3)24-21-22-14(2)11-20(25-21)23-18-10-9-16(26-4)12-19(18)27-5/h6-12H,1-5H3,(H2,22,23,24,25). The third kappa shape index (κ3) is 4.28. The normalized spacial score (nSPS) is 10.4. The van der Waals surface area contributed by atoms with Crippen LogP contribution in [0.15, 0.2) is 42.5 Å². The minimum atomic E-state index is 0.540. The summed E-state index contributed by atoms with van der Waals surface area (Å²) in [5, 5.41) is 6.61. The summed E-state index contributed by atoms with van der Waals surface area (Å²) < 4.78 is 10.7. The van der Waals surface area contributed by atoms with Crippen molar-refractivity contribution < 1.29 is 9.47 Å². The first kappa shape index (κ1) is 18.5. The molecule has 0 unspecified atom stereocenters. The maximum Gasteiger partial charge on any atom is 0.229 e. The Morgan fingerprint density at radius 3 is 2.37 bits per heavy atom. The molecule has 3 aromatic rings. The van der Waals surface area contributed by atoms with E-state index < -0.39 is 0 Å². The van der Waals surface area contributed by atoms with Crippen molar-refractivity contribution in [3.8, 4) is 11.5 Å². The van der Waals surface area contributed by atoms with E-state index in [0.29, 0.717) is 17.5 Å². The van der Waals surface area contributed by atoms with Gasteiger partial charge in [0.1, 0.15) is 17.3 Å². The number of aromatic nitrogens is 2. The molecule has 0 aliphatic heterocycles. The highest BCUT2D eigenvalue weighted by molar-refractivity contribution is 5.67. The molecule has 3 rings (SSSR count). The SMILES string of the molecule is COc1ccc(Nc2cc(C)nc(Nc3cccc(C)c3C)n2)c(OC)c1. The lowest BCUT2D eigenvalue weighted by molar-refractivity contribution is 0.395. The molecule has 0 saturated heterocycles. The van der Waals surface area contributed by atoms with E-state index in [9.17, 15) is 0 Å².